The van der Waals surface area contributed by atoms with Crippen LogP contribution in [0.4, 0.5) is 0 Å². The quantitative estimate of drug-likeness (QED) is 0.293. The van der Waals surface area contributed by atoms with Crippen LogP contribution < -0.4 is 10.6 Å². The van der Waals surface area contributed by atoms with E-state index in [0.29, 0.717) is 5.41 Å². The lowest BCUT2D eigenvalue weighted by Gasteiger charge is -2.17. The van der Waals surface area contributed by atoms with Gasteiger partial charge >= 0.3 is 0 Å². The van der Waals surface area contributed by atoms with Crippen LogP contribution in [-0.4, -0.2) is 30.6 Å². The monoisotopic (exact) mass is 438 g/mol. The molecule has 0 bridgehead atoms. The van der Waals surface area contributed by atoms with E-state index in [1.807, 2.05) is 6.92 Å². The molecule has 0 aromatic carbocycles. The van der Waals surface area contributed by atoms with Gasteiger partial charge in [0, 0.05) is 31.4 Å². The largest absolute Gasteiger partial charge is 0.357 e. The molecule has 1 aromatic heterocycles. The molecule has 1 aromatic rings. The van der Waals surface area contributed by atoms with Crippen molar-refractivity contribution in [3.05, 3.63) is 16.1 Å². The van der Waals surface area contributed by atoms with Crippen LogP contribution in [0.3, 0.4) is 0 Å². The smallest absolute Gasteiger partial charge is 0.191 e. The van der Waals surface area contributed by atoms with Gasteiger partial charge in [0.2, 0.25) is 0 Å². The molecule has 0 spiro atoms. The first kappa shape index (κ1) is 21.6. The van der Waals surface area contributed by atoms with Gasteiger partial charge in [-0.1, -0.05) is 20.8 Å². The molecule has 0 aliphatic rings. The fourth-order valence-corrected chi connectivity index (χ4v) is 2.62. The van der Waals surface area contributed by atoms with Crippen LogP contribution in [0.1, 0.15) is 51.2 Å². The molecule has 4 nitrogen and oxygen atoms in total. The van der Waals surface area contributed by atoms with Crippen LogP contribution in [0.5, 0.6) is 0 Å². The lowest BCUT2D eigenvalue weighted by atomic mass is 9.91. The molecule has 0 fully saturated rings. The number of guanidine groups is 1. The molecule has 0 aliphatic heterocycles. The summed E-state index contributed by atoms with van der Waals surface area (Å²) >= 11 is 1.71. The van der Waals surface area contributed by atoms with Crippen molar-refractivity contribution >= 4 is 41.3 Å². The van der Waals surface area contributed by atoms with E-state index in [2.05, 4.69) is 53.7 Å². The number of aryl methyl sites for hydroxylation is 1. The average Bonchev–Trinajstić information content (AvgIpc) is 2.79. The molecule has 128 valence electrons. The summed E-state index contributed by atoms with van der Waals surface area (Å²) in [4.78, 5) is 9.10. The number of halogens is 1. The summed E-state index contributed by atoms with van der Waals surface area (Å²) in [6.45, 7) is 13.6. The fraction of sp³-hybridized carbons (Fsp3) is 0.750. The molecule has 22 heavy (non-hydrogen) atoms. The minimum Gasteiger partial charge on any atom is -0.357 e. The predicted molar refractivity (Wildman–Crippen MR) is 109 cm³/mol. The van der Waals surface area contributed by atoms with Crippen LogP contribution >= 0.6 is 35.3 Å². The SMILES string of the molecule is CCNC(=NCCCC(C)(C)C)NCCc1csc(C)n1.I. The van der Waals surface area contributed by atoms with Crippen LogP contribution in [0, 0.1) is 12.3 Å². The number of nitrogens with zero attached hydrogens (tertiary/aromatic N) is 2. The highest BCUT2D eigenvalue weighted by molar-refractivity contribution is 14.0. The van der Waals surface area contributed by atoms with E-state index in [4.69, 9.17) is 0 Å². The Morgan fingerprint density at radius 1 is 1.32 bits per heavy atom. The molecule has 0 atom stereocenters. The van der Waals surface area contributed by atoms with Gasteiger partial charge in [-0.25, -0.2) is 4.98 Å². The van der Waals surface area contributed by atoms with Crippen molar-refractivity contribution in [2.45, 2.75) is 53.9 Å². The van der Waals surface area contributed by atoms with Crippen LogP contribution in [0.15, 0.2) is 10.4 Å². The van der Waals surface area contributed by atoms with Crippen molar-refractivity contribution in [2.75, 3.05) is 19.6 Å². The molecule has 0 radical (unpaired) electrons. The van der Waals surface area contributed by atoms with E-state index in [9.17, 15) is 0 Å². The molecular weight excluding hydrogens is 407 g/mol. The summed E-state index contributed by atoms with van der Waals surface area (Å²) in [5, 5.41) is 9.93. The molecule has 1 heterocycles. The number of hydrogen-bond acceptors (Lipinski definition) is 3. The van der Waals surface area contributed by atoms with Crippen molar-refractivity contribution < 1.29 is 0 Å². The van der Waals surface area contributed by atoms with E-state index in [0.717, 1.165) is 49.1 Å². The number of rotatable bonds is 7. The fourth-order valence-electron chi connectivity index (χ4n) is 1.97. The van der Waals surface area contributed by atoms with Gasteiger partial charge in [0.05, 0.1) is 10.7 Å². The van der Waals surface area contributed by atoms with Gasteiger partial charge in [0.15, 0.2) is 5.96 Å². The van der Waals surface area contributed by atoms with E-state index in [-0.39, 0.29) is 24.0 Å². The second-order valence-corrected chi connectivity index (χ2v) is 7.52. The third-order valence-corrected chi connectivity index (χ3v) is 3.86. The Balaban J connectivity index is 0.00000441. The number of thiazole rings is 1. The summed E-state index contributed by atoms with van der Waals surface area (Å²) in [7, 11) is 0. The zero-order chi connectivity index (χ0) is 15.7. The Labute approximate surface area is 156 Å². The first-order valence-electron chi connectivity index (χ1n) is 7.84. The summed E-state index contributed by atoms with van der Waals surface area (Å²) in [6, 6.07) is 0. The van der Waals surface area contributed by atoms with Crippen molar-refractivity contribution in [1.29, 1.82) is 0 Å². The number of nitrogens with one attached hydrogen (secondary N) is 2. The topological polar surface area (TPSA) is 49.3 Å². The van der Waals surface area contributed by atoms with Gasteiger partial charge < -0.3 is 10.6 Å². The number of aromatic nitrogens is 1. The van der Waals surface area contributed by atoms with E-state index < -0.39 is 0 Å². The van der Waals surface area contributed by atoms with Gasteiger partial charge in [-0.15, -0.1) is 35.3 Å². The highest BCUT2D eigenvalue weighted by Crippen LogP contribution is 2.20. The first-order chi connectivity index (χ1) is 9.90. The zero-order valence-corrected chi connectivity index (χ0v) is 17.7. The van der Waals surface area contributed by atoms with Crippen LogP contribution in [-0.2, 0) is 6.42 Å². The highest BCUT2D eigenvalue weighted by Gasteiger charge is 2.08. The Hall–Kier alpha value is -0.370. The number of hydrogen-bond donors (Lipinski definition) is 2. The van der Waals surface area contributed by atoms with Gasteiger partial charge in [-0.3, -0.25) is 4.99 Å². The maximum Gasteiger partial charge on any atom is 0.191 e. The molecule has 0 aliphatic carbocycles. The predicted octanol–water partition coefficient (Wildman–Crippen LogP) is 3.99. The normalized spacial score (nSPS) is 12.0. The van der Waals surface area contributed by atoms with Gasteiger partial charge in [0.1, 0.15) is 0 Å². The summed E-state index contributed by atoms with van der Waals surface area (Å²) < 4.78 is 0. The van der Waals surface area contributed by atoms with Crippen molar-refractivity contribution in [3.63, 3.8) is 0 Å². The molecule has 6 heteroatoms. The minimum atomic E-state index is 0. The van der Waals surface area contributed by atoms with Gasteiger partial charge in [-0.05, 0) is 32.1 Å². The number of aliphatic imine (C=N–C) groups is 1. The zero-order valence-electron chi connectivity index (χ0n) is 14.5. The molecular formula is C16H31IN4S. The van der Waals surface area contributed by atoms with Crippen LogP contribution in [0.25, 0.3) is 0 Å². The van der Waals surface area contributed by atoms with Crippen LogP contribution in [0.2, 0.25) is 0 Å². The third-order valence-electron chi connectivity index (χ3n) is 3.04. The Kier molecular flexibility index (Phi) is 11.0. The standard InChI is InChI=1S/C16H30N4S.HI/c1-6-17-15(18-10-7-9-16(3,4)5)19-11-8-14-12-21-13(2)20-14;/h12H,6-11H2,1-5H3,(H2,17,18,19);1H. The highest BCUT2D eigenvalue weighted by atomic mass is 127. The Morgan fingerprint density at radius 2 is 2.05 bits per heavy atom. The van der Waals surface area contributed by atoms with E-state index >= 15 is 0 Å². The molecule has 0 unspecified atom stereocenters. The van der Waals surface area contributed by atoms with Crippen molar-refractivity contribution in [3.8, 4) is 0 Å². The Bertz CT molecular complexity index is 438. The third kappa shape index (κ3) is 10.4. The minimum absolute atomic E-state index is 0. The molecule has 0 amide bonds. The van der Waals surface area contributed by atoms with E-state index in [1.54, 1.807) is 11.3 Å². The average molecular weight is 438 g/mol. The summed E-state index contributed by atoms with van der Waals surface area (Å²) in [5.41, 5.74) is 1.55. The van der Waals surface area contributed by atoms with E-state index in [1.165, 1.54) is 6.42 Å². The Morgan fingerprint density at radius 3 is 2.59 bits per heavy atom. The molecule has 0 saturated heterocycles. The second-order valence-electron chi connectivity index (χ2n) is 6.46. The lowest BCUT2D eigenvalue weighted by molar-refractivity contribution is 0.368. The lowest BCUT2D eigenvalue weighted by Crippen LogP contribution is -2.38. The van der Waals surface area contributed by atoms with Crippen molar-refractivity contribution in [1.82, 2.24) is 15.6 Å². The van der Waals surface area contributed by atoms with Crippen molar-refractivity contribution in [2.24, 2.45) is 10.4 Å². The second kappa shape index (κ2) is 11.2. The first-order valence-corrected chi connectivity index (χ1v) is 8.72. The van der Waals surface area contributed by atoms with Gasteiger partial charge in [-0.2, -0.15) is 0 Å². The molecule has 2 N–H and O–H groups in total. The molecule has 0 saturated carbocycles. The summed E-state index contributed by atoms with van der Waals surface area (Å²) in [5.74, 6) is 0.915. The maximum absolute atomic E-state index is 4.63. The molecule has 1 rings (SSSR count). The maximum atomic E-state index is 4.63. The van der Waals surface area contributed by atoms with Gasteiger partial charge in [0.25, 0.3) is 0 Å². The summed E-state index contributed by atoms with van der Waals surface area (Å²) in [6.07, 6.45) is 3.27.